The highest BCUT2D eigenvalue weighted by Crippen LogP contribution is 2.51. The van der Waals surface area contributed by atoms with E-state index in [0.29, 0.717) is 37.6 Å². The number of aliphatic imine (C=N–C) groups is 2. The van der Waals surface area contributed by atoms with Crippen molar-refractivity contribution in [1.82, 2.24) is 15.1 Å². The summed E-state index contributed by atoms with van der Waals surface area (Å²) in [4.78, 5) is 14.2. The van der Waals surface area contributed by atoms with Crippen molar-refractivity contribution in [3.8, 4) is 0 Å². The molecule has 7 heteroatoms. The van der Waals surface area contributed by atoms with Gasteiger partial charge in [-0.1, -0.05) is 32.9 Å². The maximum Gasteiger partial charge on any atom is 0.200 e. The highest BCUT2D eigenvalue weighted by Gasteiger charge is 2.55. The van der Waals surface area contributed by atoms with Crippen molar-refractivity contribution in [3.63, 3.8) is 0 Å². The predicted octanol–water partition coefficient (Wildman–Crippen LogP) is 2.35. The molecule has 166 valence electrons. The number of guanidine groups is 1. The lowest BCUT2D eigenvalue weighted by Crippen LogP contribution is -2.44. The molecule has 3 aliphatic heterocycles. The Hall–Kier alpha value is -2.54. The average Bonchev–Trinajstić information content (AvgIpc) is 3.05. The monoisotopic (exact) mass is 422 g/mol. The predicted molar refractivity (Wildman–Crippen MR) is 125 cm³/mol. The third kappa shape index (κ3) is 3.59. The molecule has 2 atom stereocenters. The Morgan fingerprint density at radius 3 is 2.61 bits per heavy atom. The molecule has 1 saturated heterocycles. The van der Waals surface area contributed by atoms with E-state index in [4.69, 9.17) is 9.98 Å². The molecule has 5 rings (SSSR count). The van der Waals surface area contributed by atoms with Crippen molar-refractivity contribution in [2.75, 3.05) is 45.3 Å². The number of anilines is 1. The topological polar surface area (TPSA) is 75.5 Å². The number of aliphatic hydroxyl groups is 1. The number of amidine groups is 1. The number of aryl methyl sites for hydroxylation is 1. The summed E-state index contributed by atoms with van der Waals surface area (Å²) in [6.07, 6.45) is 0. The summed E-state index contributed by atoms with van der Waals surface area (Å²) in [6, 6.07) is 6.68. The van der Waals surface area contributed by atoms with Gasteiger partial charge in [-0.2, -0.15) is 0 Å². The van der Waals surface area contributed by atoms with Gasteiger partial charge < -0.3 is 25.5 Å². The number of aliphatic hydroxyl groups excluding tert-OH is 1. The van der Waals surface area contributed by atoms with Crippen LogP contribution in [0, 0.1) is 24.7 Å². The van der Waals surface area contributed by atoms with E-state index in [9.17, 15) is 5.11 Å². The molecule has 3 N–H and O–H groups in total. The second-order valence-electron chi connectivity index (χ2n) is 10.4. The molecule has 0 amide bonds. The Balaban J connectivity index is 1.41. The minimum absolute atomic E-state index is 0.0953. The van der Waals surface area contributed by atoms with Crippen molar-refractivity contribution >= 4 is 17.5 Å². The van der Waals surface area contributed by atoms with Gasteiger partial charge in [-0.15, -0.1) is 0 Å². The zero-order valence-corrected chi connectivity index (χ0v) is 19.2. The van der Waals surface area contributed by atoms with Gasteiger partial charge in [0.05, 0.1) is 12.2 Å². The summed E-state index contributed by atoms with van der Waals surface area (Å²) in [7, 11) is 2.08. The molecule has 2 fully saturated rings. The highest BCUT2D eigenvalue weighted by atomic mass is 16.3. The van der Waals surface area contributed by atoms with Crippen LogP contribution in [-0.4, -0.2) is 66.7 Å². The molecule has 1 aromatic rings. The molecule has 1 saturated carbocycles. The van der Waals surface area contributed by atoms with E-state index in [2.05, 4.69) is 73.4 Å². The molecule has 0 radical (unpaired) electrons. The van der Waals surface area contributed by atoms with Crippen molar-refractivity contribution in [3.05, 3.63) is 40.7 Å². The highest BCUT2D eigenvalue weighted by molar-refractivity contribution is 6.10. The second kappa shape index (κ2) is 7.26. The molecule has 3 heterocycles. The van der Waals surface area contributed by atoms with Crippen LogP contribution in [0.5, 0.6) is 0 Å². The van der Waals surface area contributed by atoms with Crippen LogP contribution in [0.25, 0.3) is 0 Å². The summed E-state index contributed by atoms with van der Waals surface area (Å²) < 4.78 is 0. The third-order valence-electron chi connectivity index (χ3n) is 7.22. The Morgan fingerprint density at radius 2 is 1.94 bits per heavy atom. The van der Waals surface area contributed by atoms with Gasteiger partial charge in [-0.05, 0) is 47.3 Å². The first-order valence-electron chi connectivity index (χ1n) is 11.3. The number of nitrogens with one attached hydrogen (secondary N) is 2. The lowest BCUT2D eigenvalue weighted by molar-refractivity contribution is 0.245. The molecular formula is C24H34N6O. The molecule has 4 aliphatic rings. The normalized spacial score (nSPS) is 27.4. The van der Waals surface area contributed by atoms with E-state index in [-0.39, 0.29) is 5.41 Å². The standard InChI is InChI=1S/C24H34N6O/c1-14-6-7-15(24(2,3)4)8-19(14)27-20-9-25-23(28-22-21(20)29(5)13-26-22)30-10-16-17(11-30)18(16)12-31/h6-8,16-18,27,31H,9-13H2,1-5H3,(H,25,26,28). The fraction of sp³-hybridized carbons (Fsp3) is 0.583. The Labute approximate surface area is 184 Å². The molecule has 1 aliphatic carbocycles. The number of hydrogen-bond donors (Lipinski definition) is 3. The van der Waals surface area contributed by atoms with Gasteiger partial charge in [0.1, 0.15) is 12.4 Å². The van der Waals surface area contributed by atoms with E-state index in [1.165, 1.54) is 11.1 Å². The molecule has 31 heavy (non-hydrogen) atoms. The van der Waals surface area contributed by atoms with Crippen LogP contribution >= 0.6 is 0 Å². The van der Waals surface area contributed by atoms with Crippen LogP contribution in [-0.2, 0) is 5.41 Å². The molecular weight excluding hydrogens is 388 g/mol. The van der Waals surface area contributed by atoms with E-state index in [1.54, 1.807) is 0 Å². The quantitative estimate of drug-likeness (QED) is 0.697. The summed E-state index contributed by atoms with van der Waals surface area (Å²) in [6.45, 7) is 12.3. The maximum absolute atomic E-state index is 9.47. The number of rotatable bonds is 3. The van der Waals surface area contributed by atoms with Gasteiger partial charge >= 0.3 is 0 Å². The Bertz CT molecular complexity index is 976. The van der Waals surface area contributed by atoms with Crippen LogP contribution < -0.4 is 10.6 Å². The largest absolute Gasteiger partial charge is 0.396 e. The van der Waals surface area contributed by atoms with E-state index in [1.807, 2.05) is 0 Å². The smallest absolute Gasteiger partial charge is 0.200 e. The number of benzene rings is 1. The minimum atomic E-state index is 0.0953. The Morgan fingerprint density at radius 1 is 1.19 bits per heavy atom. The maximum atomic E-state index is 9.47. The number of nitrogens with zero attached hydrogens (tertiary/aromatic N) is 4. The molecule has 1 aromatic carbocycles. The van der Waals surface area contributed by atoms with Crippen molar-refractivity contribution in [2.45, 2.75) is 33.1 Å². The first-order chi connectivity index (χ1) is 14.8. The fourth-order valence-corrected chi connectivity index (χ4v) is 5.11. The number of piperidine rings is 1. The molecule has 2 unspecified atom stereocenters. The number of likely N-dealkylation sites (tertiary alicyclic amines) is 1. The second-order valence-corrected chi connectivity index (χ2v) is 10.4. The number of hydrogen-bond acceptors (Lipinski definition) is 7. The van der Waals surface area contributed by atoms with Crippen molar-refractivity contribution < 1.29 is 5.11 Å². The Kier molecular flexibility index (Phi) is 4.77. The minimum Gasteiger partial charge on any atom is -0.396 e. The summed E-state index contributed by atoms with van der Waals surface area (Å²) in [5.41, 5.74) is 5.92. The van der Waals surface area contributed by atoms with Crippen LogP contribution in [0.3, 0.4) is 0 Å². The zero-order chi connectivity index (χ0) is 21.9. The lowest BCUT2D eigenvalue weighted by Gasteiger charge is -2.24. The lowest BCUT2D eigenvalue weighted by atomic mass is 9.86. The molecule has 7 nitrogen and oxygen atoms in total. The summed E-state index contributed by atoms with van der Waals surface area (Å²) in [5, 5.41) is 16.7. The van der Waals surface area contributed by atoms with Gasteiger partial charge in [-0.25, -0.2) is 9.98 Å². The molecule has 0 bridgehead atoms. The van der Waals surface area contributed by atoms with Crippen molar-refractivity contribution in [2.24, 2.45) is 27.7 Å². The summed E-state index contributed by atoms with van der Waals surface area (Å²) >= 11 is 0. The van der Waals surface area contributed by atoms with Gasteiger partial charge in [0, 0.05) is 32.4 Å². The van der Waals surface area contributed by atoms with Gasteiger partial charge in [-0.3, -0.25) is 0 Å². The fourth-order valence-electron chi connectivity index (χ4n) is 5.11. The number of fused-ring (bicyclic) bond motifs is 2. The van der Waals surface area contributed by atoms with E-state index < -0.39 is 0 Å². The van der Waals surface area contributed by atoms with Gasteiger partial charge in [0.15, 0.2) is 11.8 Å². The molecule has 0 spiro atoms. The van der Waals surface area contributed by atoms with Crippen LogP contribution in [0.1, 0.15) is 31.9 Å². The summed E-state index contributed by atoms with van der Waals surface area (Å²) in [5.74, 6) is 3.51. The van der Waals surface area contributed by atoms with Crippen LogP contribution in [0.15, 0.2) is 39.6 Å². The van der Waals surface area contributed by atoms with Gasteiger partial charge in [0.25, 0.3) is 0 Å². The third-order valence-corrected chi connectivity index (χ3v) is 7.22. The van der Waals surface area contributed by atoms with E-state index in [0.717, 1.165) is 42.0 Å². The van der Waals surface area contributed by atoms with E-state index >= 15 is 0 Å². The first-order valence-corrected chi connectivity index (χ1v) is 11.3. The molecule has 0 aromatic heterocycles. The van der Waals surface area contributed by atoms with Crippen LogP contribution in [0.4, 0.5) is 5.69 Å². The first kappa shape index (κ1) is 20.4. The van der Waals surface area contributed by atoms with Crippen LogP contribution in [0.2, 0.25) is 0 Å². The number of likely N-dealkylation sites (N-methyl/N-ethyl adjacent to an activating group) is 1. The van der Waals surface area contributed by atoms with Gasteiger partial charge in [0.2, 0.25) is 0 Å². The SMILES string of the molecule is Cc1ccc(C(C)(C)C)cc1NC1=C2C(=NCN2C)NC(N2CC3C(CO)C3C2)=NC1. The average molecular weight is 423 g/mol. The zero-order valence-electron chi connectivity index (χ0n) is 19.2. The van der Waals surface area contributed by atoms with Crippen molar-refractivity contribution in [1.29, 1.82) is 0 Å².